The lowest BCUT2D eigenvalue weighted by Gasteiger charge is -2.15. The zero-order valence-corrected chi connectivity index (χ0v) is 11.9. The van der Waals surface area contributed by atoms with Gasteiger partial charge in [0.25, 0.3) is 0 Å². The van der Waals surface area contributed by atoms with E-state index in [1.165, 1.54) is 18.2 Å². The average molecular weight is 316 g/mol. The number of benzene rings is 2. The highest BCUT2D eigenvalue weighted by molar-refractivity contribution is 6.31. The van der Waals surface area contributed by atoms with E-state index < -0.39 is 6.36 Å². The molecule has 0 amide bonds. The van der Waals surface area contributed by atoms with Crippen LogP contribution < -0.4 is 10.1 Å². The molecule has 0 unspecified atom stereocenters. The van der Waals surface area contributed by atoms with Crippen molar-refractivity contribution in [3.63, 3.8) is 0 Å². The molecule has 0 saturated heterocycles. The third-order valence-electron chi connectivity index (χ3n) is 2.79. The summed E-state index contributed by atoms with van der Waals surface area (Å²) in [4.78, 5) is 0. The summed E-state index contributed by atoms with van der Waals surface area (Å²) in [7, 11) is 0. The molecule has 0 aliphatic heterocycles. The van der Waals surface area contributed by atoms with Gasteiger partial charge in [0.15, 0.2) is 5.75 Å². The molecular weight excluding hydrogens is 303 g/mol. The lowest BCUT2D eigenvalue weighted by atomic mass is 10.1. The summed E-state index contributed by atoms with van der Waals surface area (Å²) in [5.41, 5.74) is 2.07. The number of alkyl halides is 3. The van der Waals surface area contributed by atoms with E-state index in [0.717, 1.165) is 11.1 Å². The van der Waals surface area contributed by atoms with Gasteiger partial charge < -0.3 is 10.1 Å². The molecule has 0 fully saturated rings. The van der Waals surface area contributed by atoms with Gasteiger partial charge in [-0.05, 0) is 36.2 Å². The summed E-state index contributed by atoms with van der Waals surface area (Å²) in [6.45, 7) is 2.22. The molecule has 112 valence electrons. The summed E-state index contributed by atoms with van der Waals surface area (Å²) in [6, 6.07) is 11.4. The first kappa shape index (κ1) is 15.5. The maximum absolute atomic E-state index is 12.3. The molecule has 0 saturated carbocycles. The number of rotatable bonds is 4. The van der Waals surface area contributed by atoms with Gasteiger partial charge in [0, 0.05) is 11.6 Å². The summed E-state index contributed by atoms with van der Waals surface area (Å²) in [5.74, 6) is -0.270. The van der Waals surface area contributed by atoms with Gasteiger partial charge in [0.05, 0.1) is 5.69 Å². The Hall–Kier alpha value is -1.88. The number of nitrogens with one attached hydrogen (secondary N) is 1. The number of hydrogen-bond donors (Lipinski definition) is 1. The van der Waals surface area contributed by atoms with Crippen molar-refractivity contribution < 1.29 is 17.9 Å². The van der Waals surface area contributed by atoms with E-state index in [0.29, 0.717) is 11.6 Å². The van der Waals surface area contributed by atoms with Crippen molar-refractivity contribution in [3.05, 3.63) is 58.6 Å². The fourth-order valence-electron chi connectivity index (χ4n) is 1.81. The highest BCUT2D eigenvalue weighted by Gasteiger charge is 2.32. The molecule has 2 rings (SSSR count). The van der Waals surface area contributed by atoms with Crippen LogP contribution in [-0.4, -0.2) is 6.36 Å². The van der Waals surface area contributed by atoms with Crippen molar-refractivity contribution in [2.45, 2.75) is 19.8 Å². The Morgan fingerprint density at radius 1 is 1.14 bits per heavy atom. The Labute approximate surface area is 125 Å². The molecule has 0 spiro atoms. The lowest BCUT2D eigenvalue weighted by Crippen LogP contribution is -2.18. The fourth-order valence-corrected chi connectivity index (χ4v) is 2.11. The first-order valence-corrected chi connectivity index (χ1v) is 6.56. The highest BCUT2D eigenvalue weighted by Crippen LogP contribution is 2.30. The fraction of sp³-hybridized carbons (Fsp3) is 0.200. The SMILES string of the molecule is Cc1ccc(CNc2ccccc2OC(F)(F)F)c(Cl)c1. The zero-order chi connectivity index (χ0) is 15.5. The molecule has 1 N–H and O–H groups in total. The second-order valence-corrected chi connectivity index (χ2v) is 4.90. The molecule has 0 atom stereocenters. The summed E-state index contributed by atoms with van der Waals surface area (Å²) in [5, 5.41) is 3.47. The van der Waals surface area contributed by atoms with Gasteiger partial charge >= 0.3 is 6.36 Å². The molecule has 0 heterocycles. The van der Waals surface area contributed by atoms with Gasteiger partial charge in [0.2, 0.25) is 0 Å². The smallest absolute Gasteiger partial charge is 0.404 e. The topological polar surface area (TPSA) is 21.3 Å². The molecular formula is C15H13ClF3NO. The maximum atomic E-state index is 12.3. The van der Waals surface area contributed by atoms with E-state index in [2.05, 4.69) is 10.1 Å². The molecule has 0 aliphatic carbocycles. The minimum Gasteiger partial charge on any atom is -0.404 e. The van der Waals surface area contributed by atoms with Crippen LogP contribution in [0.3, 0.4) is 0 Å². The molecule has 2 nitrogen and oxygen atoms in total. The van der Waals surface area contributed by atoms with Crippen molar-refractivity contribution in [2.75, 3.05) is 5.32 Å². The molecule has 0 aliphatic rings. The van der Waals surface area contributed by atoms with E-state index in [1.807, 2.05) is 19.1 Å². The third-order valence-corrected chi connectivity index (χ3v) is 3.14. The van der Waals surface area contributed by atoms with Crippen LogP contribution in [0.2, 0.25) is 5.02 Å². The van der Waals surface area contributed by atoms with Crippen LogP contribution in [0.25, 0.3) is 0 Å². The normalized spacial score (nSPS) is 11.3. The van der Waals surface area contributed by atoms with Gasteiger partial charge in [-0.3, -0.25) is 0 Å². The van der Waals surface area contributed by atoms with Crippen molar-refractivity contribution in [1.82, 2.24) is 0 Å². The largest absolute Gasteiger partial charge is 0.573 e. The molecule has 0 radical (unpaired) electrons. The van der Waals surface area contributed by atoms with Crippen LogP contribution in [0.5, 0.6) is 5.75 Å². The number of anilines is 1. The maximum Gasteiger partial charge on any atom is 0.573 e. The first-order chi connectivity index (χ1) is 9.85. The van der Waals surface area contributed by atoms with Crippen molar-refractivity contribution in [1.29, 1.82) is 0 Å². The summed E-state index contributed by atoms with van der Waals surface area (Å²) >= 11 is 6.09. The van der Waals surface area contributed by atoms with Crippen molar-refractivity contribution >= 4 is 17.3 Å². The minimum absolute atomic E-state index is 0.256. The molecule has 21 heavy (non-hydrogen) atoms. The second kappa shape index (κ2) is 6.26. The van der Waals surface area contributed by atoms with Gasteiger partial charge in [0.1, 0.15) is 0 Å². The lowest BCUT2D eigenvalue weighted by molar-refractivity contribution is -0.274. The summed E-state index contributed by atoms with van der Waals surface area (Å²) in [6.07, 6.45) is -4.72. The molecule has 0 aromatic heterocycles. The highest BCUT2D eigenvalue weighted by atomic mass is 35.5. The number of halogens is 4. The predicted octanol–water partition coefficient (Wildman–Crippen LogP) is 5.16. The Morgan fingerprint density at radius 3 is 2.52 bits per heavy atom. The van der Waals surface area contributed by atoms with Gasteiger partial charge in [-0.2, -0.15) is 0 Å². The molecule has 6 heteroatoms. The Morgan fingerprint density at radius 2 is 1.86 bits per heavy atom. The van der Waals surface area contributed by atoms with E-state index in [9.17, 15) is 13.2 Å². The number of para-hydroxylation sites is 2. The Bertz CT molecular complexity index is 629. The predicted molar refractivity (Wildman–Crippen MR) is 76.6 cm³/mol. The van der Waals surface area contributed by atoms with Crippen LogP contribution in [-0.2, 0) is 6.54 Å². The molecule has 0 bridgehead atoms. The van der Waals surface area contributed by atoms with E-state index >= 15 is 0 Å². The van der Waals surface area contributed by atoms with Gasteiger partial charge in [-0.25, -0.2) is 0 Å². The molecule has 2 aromatic rings. The minimum atomic E-state index is -4.72. The summed E-state index contributed by atoms with van der Waals surface area (Å²) < 4.78 is 40.9. The average Bonchev–Trinajstić information content (AvgIpc) is 2.37. The van der Waals surface area contributed by atoms with Crippen LogP contribution in [0.1, 0.15) is 11.1 Å². The molecule has 2 aromatic carbocycles. The number of aryl methyl sites for hydroxylation is 1. The number of hydrogen-bond acceptors (Lipinski definition) is 2. The first-order valence-electron chi connectivity index (χ1n) is 6.19. The van der Waals surface area contributed by atoms with Crippen molar-refractivity contribution in [3.8, 4) is 5.75 Å². The van der Waals surface area contributed by atoms with E-state index in [-0.39, 0.29) is 11.4 Å². The van der Waals surface area contributed by atoms with Gasteiger partial charge in [-0.15, -0.1) is 13.2 Å². The van der Waals surface area contributed by atoms with Crippen LogP contribution in [0.4, 0.5) is 18.9 Å². The van der Waals surface area contributed by atoms with E-state index in [4.69, 9.17) is 11.6 Å². The third kappa shape index (κ3) is 4.56. The second-order valence-electron chi connectivity index (χ2n) is 4.49. The Balaban J connectivity index is 2.13. The zero-order valence-electron chi connectivity index (χ0n) is 11.2. The van der Waals surface area contributed by atoms with E-state index in [1.54, 1.807) is 12.1 Å². The standard InChI is InChI=1S/C15H13ClF3NO/c1-10-6-7-11(12(16)8-10)9-20-13-4-2-3-5-14(13)21-15(17,18)19/h2-8,20H,9H2,1H3. The quantitative estimate of drug-likeness (QED) is 0.841. The Kier molecular flexibility index (Phi) is 4.63. The van der Waals surface area contributed by atoms with Crippen LogP contribution in [0.15, 0.2) is 42.5 Å². The van der Waals surface area contributed by atoms with Crippen LogP contribution >= 0.6 is 11.6 Å². The van der Waals surface area contributed by atoms with Crippen LogP contribution in [0, 0.1) is 6.92 Å². The van der Waals surface area contributed by atoms with Gasteiger partial charge in [-0.1, -0.05) is 35.9 Å². The monoisotopic (exact) mass is 315 g/mol. The number of ether oxygens (including phenoxy) is 1. The van der Waals surface area contributed by atoms with Crippen molar-refractivity contribution in [2.24, 2.45) is 0 Å².